The second-order valence-electron chi connectivity index (χ2n) is 4.65. The number of hydrogen-bond acceptors (Lipinski definition) is 2. The fraction of sp³-hybridized carbons (Fsp3) is 0.900. The maximum absolute atomic E-state index is 10.1. The van der Waals surface area contributed by atoms with E-state index in [1.54, 1.807) is 0 Å². The number of nitrogens with one attached hydrogen (secondary N) is 2. The van der Waals surface area contributed by atoms with Crippen molar-refractivity contribution in [2.24, 2.45) is 5.41 Å². The number of carboxylic acid groups (broad SMARTS) is 1. The smallest absolute Gasteiger partial charge is 0.404 e. The molecule has 1 amide bonds. The summed E-state index contributed by atoms with van der Waals surface area (Å²) in [6, 6.07) is 0. The molecule has 0 unspecified atom stereocenters. The molecule has 0 spiro atoms. The second-order valence-corrected chi connectivity index (χ2v) is 4.65. The Hall–Kier alpha value is -0.770. The summed E-state index contributed by atoms with van der Waals surface area (Å²) in [5.74, 6) is 0. The highest BCUT2D eigenvalue weighted by Crippen LogP contribution is 2.19. The second kappa shape index (κ2) is 6.65. The molecule has 0 aliphatic heterocycles. The molecule has 0 rings (SSSR count). The topological polar surface area (TPSA) is 61.4 Å². The number of amides is 1. The van der Waals surface area contributed by atoms with E-state index >= 15 is 0 Å². The maximum atomic E-state index is 10.1. The highest BCUT2D eigenvalue weighted by molar-refractivity contribution is 5.64. The molecule has 0 bridgehead atoms. The van der Waals surface area contributed by atoms with E-state index in [0.29, 0.717) is 18.5 Å². The van der Waals surface area contributed by atoms with Crippen LogP contribution in [-0.4, -0.2) is 30.8 Å². The molecule has 14 heavy (non-hydrogen) atoms. The summed E-state index contributed by atoms with van der Waals surface area (Å²) in [5, 5.41) is 13.8. The Labute approximate surface area is 86.1 Å². The summed E-state index contributed by atoms with van der Waals surface area (Å²) in [5.41, 5.74) is 0.390. The molecule has 0 heterocycles. The van der Waals surface area contributed by atoms with Crippen molar-refractivity contribution in [3.63, 3.8) is 0 Å². The zero-order chi connectivity index (χ0) is 11.0. The van der Waals surface area contributed by atoms with Gasteiger partial charge < -0.3 is 15.7 Å². The molecule has 0 saturated carbocycles. The van der Waals surface area contributed by atoms with Crippen LogP contribution < -0.4 is 10.6 Å². The molecule has 0 aliphatic rings. The largest absolute Gasteiger partial charge is 0.465 e. The fourth-order valence-electron chi connectivity index (χ4n) is 1.13. The van der Waals surface area contributed by atoms with Gasteiger partial charge in [0.2, 0.25) is 0 Å². The first kappa shape index (κ1) is 13.2. The van der Waals surface area contributed by atoms with Gasteiger partial charge in [-0.1, -0.05) is 20.8 Å². The lowest BCUT2D eigenvalue weighted by molar-refractivity contribution is 0.194. The summed E-state index contributed by atoms with van der Waals surface area (Å²) in [6.07, 6.45) is 1.37. The molecule has 4 heteroatoms. The average molecular weight is 202 g/mol. The minimum atomic E-state index is -0.957. The van der Waals surface area contributed by atoms with E-state index in [1.807, 2.05) is 0 Å². The monoisotopic (exact) mass is 202 g/mol. The fourth-order valence-corrected chi connectivity index (χ4v) is 1.13. The van der Waals surface area contributed by atoms with Crippen molar-refractivity contribution >= 4 is 6.09 Å². The van der Waals surface area contributed by atoms with Crippen LogP contribution in [0.4, 0.5) is 4.79 Å². The Bertz CT molecular complexity index is 164. The van der Waals surface area contributed by atoms with Crippen molar-refractivity contribution in [2.45, 2.75) is 33.6 Å². The Morgan fingerprint density at radius 1 is 1.21 bits per heavy atom. The SMILES string of the molecule is CC(C)(C)CCCNCCNC(=O)O. The molecule has 0 saturated heterocycles. The zero-order valence-corrected chi connectivity index (χ0v) is 9.39. The normalized spacial score (nSPS) is 11.4. The van der Waals surface area contributed by atoms with Crippen LogP contribution in [0, 0.1) is 5.41 Å². The van der Waals surface area contributed by atoms with E-state index in [2.05, 4.69) is 31.4 Å². The lowest BCUT2D eigenvalue weighted by atomic mass is 9.91. The molecule has 84 valence electrons. The van der Waals surface area contributed by atoms with Crippen LogP contribution in [-0.2, 0) is 0 Å². The zero-order valence-electron chi connectivity index (χ0n) is 9.39. The Kier molecular flexibility index (Phi) is 6.28. The third kappa shape index (κ3) is 11.2. The Morgan fingerprint density at radius 2 is 1.86 bits per heavy atom. The summed E-state index contributed by atoms with van der Waals surface area (Å²) < 4.78 is 0. The first-order chi connectivity index (χ1) is 6.42. The summed E-state index contributed by atoms with van der Waals surface area (Å²) in [4.78, 5) is 10.1. The van der Waals surface area contributed by atoms with Gasteiger partial charge in [0.25, 0.3) is 0 Å². The Balaban J connectivity index is 3.11. The van der Waals surface area contributed by atoms with Gasteiger partial charge >= 0.3 is 6.09 Å². The lowest BCUT2D eigenvalue weighted by Gasteiger charge is -2.17. The highest BCUT2D eigenvalue weighted by Gasteiger charge is 2.08. The molecule has 0 aromatic heterocycles. The van der Waals surface area contributed by atoms with Gasteiger partial charge in [0.05, 0.1) is 0 Å². The van der Waals surface area contributed by atoms with Crippen molar-refractivity contribution in [3.8, 4) is 0 Å². The quantitative estimate of drug-likeness (QED) is 0.574. The van der Waals surface area contributed by atoms with Crippen LogP contribution in [0.1, 0.15) is 33.6 Å². The first-order valence-corrected chi connectivity index (χ1v) is 5.09. The number of rotatable bonds is 6. The van der Waals surface area contributed by atoms with Crippen molar-refractivity contribution in [1.82, 2.24) is 10.6 Å². The van der Waals surface area contributed by atoms with E-state index in [1.165, 1.54) is 6.42 Å². The first-order valence-electron chi connectivity index (χ1n) is 5.09. The van der Waals surface area contributed by atoms with E-state index in [0.717, 1.165) is 13.0 Å². The van der Waals surface area contributed by atoms with Crippen molar-refractivity contribution in [3.05, 3.63) is 0 Å². The molecular weight excluding hydrogens is 180 g/mol. The van der Waals surface area contributed by atoms with E-state index in [9.17, 15) is 4.79 Å². The minimum absolute atomic E-state index is 0.390. The van der Waals surface area contributed by atoms with Crippen LogP contribution in [0.25, 0.3) is 0 Å². The molecule has 0 radical (unpaired) electrons. The average Bonchev–Trinajstić information content (AvgIpc) is 2.00. The molecule has 3 N–H and O–H groups in total. The third-order valence-corrected chi connectivity index (χ3v) is 1.86. The minimum Gasteiger partial charge on any atom is -0.465 e. The van der Waals surface area contributed by atoms with Gasteiger partial charge in [-0.25, -0.2) is 4.79 Å². The van der Waals surface area contributed by atoms with Crippen molar-refractivity contribution in [1.29, 1.82) is 0 Å². The maximum Gasteiger partial charge on any atom is 0.404 e. The van der Waals surface area contributed by atoms with Gasteiger partial charge in [-0.15, -0.1) is 0 Å². The van der Waals surface area contributed by atoms with Gasteiger partial charge in [0.15, 0.2) is 0 Å². The van der Waals surface area contributed by atoms with E-state index < -0.39 is 6.09 Å². The standard InChI is InChI=1S/C10H22N2O2/c1-10(2,3)5-4-6-11-7-8-12-9(13)14/h11-12H,4-8H2,1-3H3,(H,13,14). The van der Waals surface area contributed by atoms with E-state index in [-0.39, 0.29) is 0 Å². The van der Waals surface area contributed by atoms with Crippen LogP contribution in [0.3, 0.4) is 0 Å². The van der Waals surface area contributed by atoms with Gasteiger partial charge in [-0.05, 0) is 24.8 Å². The molecule has 0 aliphatic carbocycles. The predicted octanol–water partition coefficient (Wildman–Crippen LogP) is 1.67. The molecule has 0 fully saturated rings. The summed E-state index contributed by atoms with van der Waals surface area (Å²) >= 11 is 0. The van der Waals surface area contributed by atoms with Crippen LogP contribution in [0.2, 0.25) is 0 Å². The van der Waals surface area contributed by atoms with Gasteiger partial charge in [-0.2, -0.15) is 0 Å². The number of hydrogen-bond donors (Lipinski definition) is 3. The van der Waals surface area contributed by atoms with Gasteiger partial charge in [0.1, 0.15) is 0 Å². The molecular formula is C10H22N2O2. The lowest BCUT2D eigenvalue weighted by Crippen LogP contribution is -2.31. The van der Waals surface area contributed by atoms with E-state index in [4.69, 9.17) is 5.11 Å². The van der Waals surface area contributed by atoms with Crippen LogP contribution >= 0.6 is 0 Å². The highest BCUT2D eigenvalue weighted by atomic mass is 16.4. The summed E-state index contributed by atoms with van der Waals surface area (Å²) in [6.45, 7) is 8.80. The third-order valence-electron chi connectivity index (χ3n) is 1.86. The molecule has 0 aromatic carbocycles. The molecule has 0 atom stereocenters. The van der Waals surface area contributed by atoms with Crippen molar-refractivity contribution in [2.75, 3.05) is 19.6 Å². The van der Waals surface area contributed by atoms with Crippen molar-refractivity contribution < 1.29 is 9.90 Å². The number of carbonyl (C=O) groups is 1. The van der Waals surface area contributed by atoms with Crippen LogP contribution in [0.5, 0.6) is 0 Å². The predicted molar refractivity (Wildman–Crippen MR) is 57.6 cm³/mol. The Morgan fingerprint density at radius 3 is 2.36 bits per heavy atom. The van der Waals surface area contributed by atoms with Gasteiger partial charge in [0, 0.05) is 13.1 Å². The summed E-state index contributed by atoms with van der Waals surface area (Å²) in [7, 11) is 0. The van der Waals surface area contributed by atoms with Gasteiger partial charge in [-0.3, -0.25) is 0 Å². The van der Waals surface area contributed by atoms with Crippen LogP contribution in [0.15, 0.2) is 0 Å². The molecule has 0 aromatic rings. The molecule has 4 nitrogen and oxygen atoms in total.